The first-order valence-corrected chi connectivity index (χ1v) is 12.1. The second-order valence-corrected chi connectivity index (χ2v) is 9.53. The summed E-state index contributed by atoms with van der Waals surface area (Å²) >= 11 is 6.28. The monoisotopic (exact) mass is 466 g/mol. The normalized spacial score (nSPS) is 14.7. The van der Waals surface area contributed by atoms with Crippen LogP contribution in [0.25, 0.3) is 0 Å². The van der Waals surface area contributed by atoms with E-state index >= 15 is 0 Å². The summed E-state index contributed by atoms with van der Waals surface area (Å²) in [6.07, 6.45) is 0.740. The number of benzene rings is 2. The minimum atomic E-state index is -3.52. The molecule has 1 N–H and O–H groups in total. The molecule has 0 saturated heterocycles. The number of fused-ring (bicyclic) bond motifs is 1. The van der Waals surface area contributed by atoms with Gasteiger partial charge in [-0.1, -0.05) is 37.6 Å². The van der Waals surface area contributed by atoms with Crippen LogP contribution in [-0.4, -0.2) is 44.9 Å². The first-order chi connectivity index (χ1) is 14.8. The van der Waals surface area contributed by atoms with Gasteiger partial charge in [-0.25, -0.2) is 8.42 Å². The van der Waals surface area contributed by atoms with Gasteiger partial charge in [0.25, 0.3) is 5.91 Å². The Morgan fingerprint density at radius 3 is 2.42 bits per heavy atom. The number of ether oxygens (including phenoxy) is 2. The minimum absolute atomic E-state index is 0.230. The molecule has 0 bridgehead atoms. The molecular formula is C22H27ClN2O5S. The predicted molar refractivity (Wildman–Crippen MR) is 119 cm³/mol. The smallest absolute Gasteiger partial charge is 0.251 e. The molecule has 2 aromatic rings. The van der Waals surface area contributed by atoms with Crippen molar-refractivity contribution in [1.82, 2.24) is 9.62 Å². The summed E-state index contributed by atoms with van der Waals surface area (Å²) in [6.45, 7) is 7.26. The van der Waals surface area contributed by atoms with Gasteiger partial charge >= 0.3 is 0 Å². The van der Waals surface area contributed by atoms with Gasteiger partial charge in [0.1, 0.15) is 0 Å². The van der Waals surface area contributed by atoms with Crippen molar-refractivity contribution < 1.29 is 22.7 Å². The largest absolute Gasteiger partial charge is 0.489 e. The zero-order chi connectivity index (χ0) is 22.6. The molecule has 0 radical (unpaired) electrons. The van der Waals surface area contributed by atoms with E-state index in [1.165, 1.54) is 4.31 Å². The zero-order valence-electron chi connectivity index (χ0n) is 17.9. The highest BCUT2D eigenvalue weighted by Gasteiger charge is 2.22. The van der Waals surface area contributed by atoms with Gasteiger partial charge in [0.15, 0.2) is 11.5 Å². The predicted octanol–water partition coefficient (Wildman–Crippen LogP) is 4.02. The molecule has 1 aliphatic heterocycles. The fourth-order valence-electron chi connectivity index (χ4n) is 3.37. The van der Waals surface area contributed by atoms with Crippen LogP contribution in [0.2, 0.25) is 5.02 Å². The van der Waals surface area contributed by atoms with E-state index in [-0.39, 0.29) is 16.8 Å². The van der Waals surface area contributed by atoms with Crippen LogP contribution in [0.5, 0.6) is 11.5 Å². The Bertz CT molecular complexity index is 1040. The van der Waals surface area contributed by atoms with E-state index in [0.29, 0.717) is 48.4 Å². The van der Waals surface area contributed by atoms with Gasteiger partial charge in [-0.15, -0.1) is 0 Å². The molecular weight excluding hydrogens is 440 g/mol. The van der Waals surface area contributed by atoms with E-state index in [9.17, 15) is 13.2 Å². The molecule has 1 aliphatic rings. The van der Waals surface area contributed by atoms with E-state index in [0.717, 1.165) is 12.0 Å². The van der Waals surface area contributed by atoms with Crippen LogP contribution in [0.4, 0.5) is 0 Å². The Kier molecular flexibility index (Phi) is 7.46. The van der Waals surface area contributed by atoms with Gasteiger partial charge in [0.05, 0.1) is 29.2 Å². The molecule has 0 spiro atoms. The van der Waals surface area contributed by atoms with Crippen LogP contribution in [0.15, 0.2) is 41.3 Å². The lowest BCUT2D eigenvalue weighted by molar-refractivity contribution is 0.0939. The first-order valence-electron chi connectivity index (χ1n) is 10.3. The van der Waals surface area contributed by atoms with E-state index in [1.807, 2.05) is 6.92 Å². The fourth-order valence-corrected chi connectivity index (χ4v) is 5.09. The molecule has 31 heavy (non-hydrogen) atoms. The number of amides is 1. The van der Waals surface area contributed by atoms with Gasteiger partial charge < -0.3 is 14.8 Å². The zero-order valence-corrected chi connectivity index (χ0v) is 19.4. The van der Waals surface area contributed by atoms with Crippen molar-refractivity contribution in [3.63, 3.8) is 0 Å². The second-order valence-electron chi connectivity index (χ2n) is 7.19. The molecule has 0 saturated carbocycles. The van der Waals surface area contributed by atoms with Gasteiger partial charge in [0.2, 0.25) is 10.0 Å². The lowest BCUT2D eigenvalue weighted by Crippen LogP contribution is -2.30. The fraction of sp³-hybridized carbons (Fsp3) is 0.409. The third-order valence-corrected chi connectivity index (χ3v) is 7.48. The number of hydrogen-bond donors (Lipinski definition) is 1. The standard InChI is InChI=1S/C22H27ClN2O5S/c1-4-25(5-2)31(27,28)18-9-7-16(8-10-18)15(3)24-22(26)17-13-19(23)21-20(14-17)29-11-6-12-30-21/h7-10,13-15H,4-6,11-12H2,1-3H3,(H,24,26)/t15-/m0/s1. The number of rotatable bonds is 7. The van der Waals surface area contributed by atoms with Crippen molar-refractivity contribution in [2.24, 2.45) is 0 Å². The van der Waals surface area contributed by atoms with Crippen LogP contribution in [-0.2, 0) is 10.0 Å². The average molecular weight is 467 g/mol. The van der Waals surface area contributed by atoms with Crippen molar-refractivity contribution in [3.05, 3.63) is 52.5 Å². The summed E-state index contributed by atoms with van der Waals surface area (Å²) in [5, 5.41) is 3.23. The van der Waals surface area contributed by atoms with Gasteiger partial charge in [-0.2, -0.15) is 4.31 Å². The van der Waals surface area contributed by atoms with Crippen LogP contribution in [0, 0.1) is 0 Å². The molecule has 2 aromatic carbocycles. The average Bonchev–Trinajstić information content (AvgIpc) is 3.00. The topological polar surface area (TPSA) is 84.9 Å². The summed E-state index contributed by atoms with van der Waals surface area (Å²) in [5.41, 5.74) is 1.15. The summed E-state index contributed by atoms with van der Waals surface area (Å²) in [6, 6.07) is 9.38. The van der Waals surface area contributed by atoms with Crippen molar-refractivity contribution in [2.45, 2.75) is 38.1 Å². The molecule has 0 aliphatic carbocycles. The number of carbonyl (C=O) groups is 1. The molecule has 0 aromatic heterocycles. The van der Waals surface area contributed by atoms with E-state index in [2.05, 4.69) is 5.32 Å². The molecule has 168 valence electrons. The second kappa shape index (κ2) is 9.89. The molecule has 9 heteroatoms. The van der Waals surface area contributed by atoms with Crippen molar-refractivity contribution >= 4 is 27.5 Å². The Balaban J connectivity index is 1.74. The third-order valence-electron chi connectivity index (χ3n) is 5.14. The molecule has 0 fully saturated rings. The summed E-state index contributed by atoms with van der Waals surface area (Å²) in [7, 11) is -3.52. The molecule has 3 rings (SSSR count). The van der Waals surface area contributed by atoms with Gasteiger partial charge in [-0.3, -0.25) is 4.79 Å². The molecule has 0 unspecified atom stereocenters. The van der Waals surface area contributed by atoms with Crippen molar-refractivity contribution in [3.8, 4) is 11.5 Å². The Morgan fingerprint density at radius 1 is 1.13 bits per heavy atom. The van der Waals surface area contributed by atoms with Gasteiger partial charge in [0, 0.05) is 25.1 Å². The van der Waals surface area contributed by atoms with Crippen LogP contribution < -0.4 is 14.8 Å². The maximum atomic E-state index is 12.8. The highest BCUT2D eigenvalue weighted by Crippen LogP contribution is 2.38. The number of carbonyl (C=O) groups excluding carboxylic acids is 1. The lowest BCUT2D eigenvalue weighted by atomic mass is 10.1. The van der Waals surface area contributed by atoms with E-state index < -0.39 is 10.0 Å². The SMILES string of the molecule is CCN(CC)S(=O)(=O)c1ccc([C@H](C)NC(=O)c2cc(Cl)c3c(c2)OCCCO3)cc1. The number of hydrogen-bond acceptors (Lipinski definition) is 5. The maximum Gasteiger partial charge on any atom is 0.251 e. The highest BCUT2D eigenvalue weighted by molar-refractivity contribution is 7.89. The lowest BCUT2D eigenvalue weighted by Gasteiger charge is -2.19. The van der Waals surface area contributed by atoms with Crippen molar-refractivity contribution in [2.75, 3.05) is 26.3 Å². The first kappa shape index (κ1) is 23.4. The van der Waals surface area contributed by atoms with Crippen LogP contribution in [0.1, 0.15) is 49.2 Å². The minimum Gasteiger partial charge on any atom is -0.489 e. The molecule has 1 atom stereocenters. The number of nitrogens with zero attached hydrogens (tertiary/aromatic N) is 1. The van der Waals surface area contributed by atoms with Crippen molar-refractivity contribution in [1.29, 1.82) is 0 Å². The Morgan fingerprint density at radius 2 is 1.77 bits per heavy atom. The number of halogens is 1. The van der Waals surface area contributed by atoms with Gasteiger partial charge in [-0.05, 0) is 36.8 Å². The maximum absolute atomic E-state index is 12.8. The molecule has 7 nitrogen and oxygen atoms in total. The third kappa shape index (κ3) is 5.14. The molecule has 1 heterocycles. The van der Waals surface area contributed by atoms with Crippen LogP contribution >= 0.6 is 11.6 Å². The summed E-state index contributed by atoms with van der Waals surface area (Å²) < 4.78 is 37.9. The summed E-state index contributed by atoms with van der Waals surface area (Å²) in [5.74, 6) is 0.590. The quantitative estimate of drug-likeness (QED) is 0.666. The Labute approximate surface area is 188 Å². The van der Waals surface area contributed by atoms with E-state index in [4.69, 9.17) is 21.1 Å². The highest BCUT2D eigenvalue weighted by atomic mass is 35.5. The van der Waals surface area contributed by atoms with Crippen LogP contribution in [0.3, 0.4) is 0 Å². The number of nitrogens with one attached hydrogen (secondary N) is 1. The Hall–Kier alpha value is -2.29. The summed E-state index contributed by atoms with van der Waals surface area (Å²) in [4.78, 5) is 13.0. The molecule has 1 amide bonds. The van der Waals surface area contributed by atoms with E-state index in [1.54, 1.807) is 50.2 Å². The number of sulfonamides is 1.